The van der Waals surface area contributed by atoms with Gasteiger partial charge in [-0.1, -0.05) is 6.92 Å². The van der Waals surface area contributed by atoms with Crippen molar-refractivity contribution in [2.45, 2.75) is 25.8 Å². The summed E-state index contributed by atoms with van der Waals surface area (Å²) in [5, 5.41) is 6.60. The molecule has 1 aromatic rings. The van der Waals surface area contributed by atoms with E-state index in [2.05, 4.69) is 15.2 Å². The average molecular weight is 316 g/mol. The van der Waals surface area contributed by atoms with Crippen LogP contribution in [-0.4, -0.2) is 72.2 Å². The lowest BCUT2D eigenvalue weighted by Crippen LogP contribution is -2.43. The van der Waals surface area contributed by atoms with E-state index in [0.717, 1.165) is 0 Å². The Balaban J connectivity index is 2.17. The number of aryl methyl sites for hydroxylation is 1. The van der Waals surface area contributed by atoms with Gasteiger partial charge >= 0.3 is 0 Å². The van der Waals surface area contributed by atoms with Crippen molar-refractivity contribution >= 4 is 15.7 Å². The zero-order valence-electron chi connectivity index (χ0n) is 12.2. The number of carbonyl (C=O) groups is 1. The summed E-state index contributed by atoms with van der Waals surface area (Å²) in [5.41, 5.74) is 0. The number of H-pyrrole nitrogens is 1. The molecule has 1 unspecified atom stereocenters. The Morgan fingerprint density at radius 2 is 2.29 bits per heavy atom. The fourth-order valence-electron chi connectivity index (χ4n) is 2.34. The van der Waals surface area contributed by atoms with Crippen LogP contribution in [0.5, 0.6) is 0 Å². The first-order chi connectivity index (χ1) is 9.96. The van der Waals surface area contributed by atoms with Crippen LogP contribution in [0, 0.1) is 0 Å². The topological polar surface area (TPSA) is 105 Å². The molecular weight excluding hydrogens is 296 g/mol. The molecule has 1 aromatic heterocycles. The molecular formula is C12H20N4O4S. The van der Waals surface area contributed by atoms with E-state index >= 15 is 0 Å². The van der Waals surface area contributed by atoms with Crippen molar-refractivity contribution in [1.82, 2.24) is 20.1 Å². The molecule has 2 heterocycles. The third-order valence-corrected chi connectivity index (χ3v) is 5.25. The van der Waals surface area contributed by atoms with E-state index in [4.69, 9.17) is 4.74 Å². The van der Waals surface area contributed by atoms with Crippen LogP contribution < -0.4 is 0 Å². The SMILES string of the molecule is CCc1nc(C(=O)N(CCOC)C2CCS(=O)(=O)C2)n[nH]1. The molecule has 118 valence electrons. The quantitative estimate of drug-likeness (QED) is 0.768. The highest BCUT2D eigenvalue weighted by atomic mass is 32.2. The minimum atomic E-state index is -3.06. The molecule has 8 nitrogen and oxygen atoms in total. The predicted molar refractivity (Wildman–Crippen MR) is 75.7 cm³/mol. The summed E-state index contributed by atoms with van der Waals surface area (Å²) in [6.07, 6.45) is 1.10. The summed E-state index contributed by atoms with van der Waals surface area (Å²) in [5.74, 6) is 0.456. The number of carbonyl (C=O) groups excluding carboxylic acids is 1. The van der Waals surface area contributed by atoms with Crippen molar-refractivity contribution in [3.63, 3.8) is 0 Å². The van der Waals surface area contributed by atoms with Gasteiger partial charge in [0, 0.05) is 26.1 Å². The number of aromatic nitrogens is 3. The van der Waals surface area contributed by atoms with E-state index in [0.29, 0.717) is 31.8 Å². The normalized spacial score (nSPS) is 20.6. The molecule has 9 heteroatoms. The van der Waals surface area contributed by atoms with Gasteiger partial charge in [-0.3, -0.25) is 9.89 Å². The highest BCUT2D eigenvalue weighted by Gasteiger charge is 2.35. The Kier molecular flexibility index (Phi) is 4.94. The molecule has 1 N–H and O–H groups in total. The van der Waals surface area contributed by atoms with Crippen LogP contribution >= 0.6 is 0 Å². The van der Waals surface area contributed by atoms with Gasteiger partial charge in [0.25, 0.3) is 5.91 Å². The van der Waals surface area contributed by atoms with Crippen LogP contribution in [0.2, 0.25) is 0 Å². The third kappa shape index (κ3) is 3.79. The molecule has 0 bridgehead atoms. The monoisotopic (exact) mass is 316 g/mol. The molecule has 0 aliphatic carbocycles. The second-order valence-electron chi connectivity index (χ2n) is 5.01. The predicted octanol–water partition coefficient (Wildman–Crippen LogP) is -0.357. The summed E-state index contributed by atoms with van der Waals surface area (Å²) < 4.78 is 28.2. The highest BCUT2D eigenvalue weighted by molar-refractivity contribution is 7.91. The van der Waals surface area contributed by atoms with Gasteiger partial charge < -0.3 is 9.64 Å². The van der Waals surface area contributed by atoms with E-state index in [1.165, 1.54) is 12.0 Å². The van der Waals surface area contributed by atoms with Gasteiger partial charge in [-0.2, -0.15) is 0 Å². The van der Waals surface area contributed by atoms with Gasteiger partial charge in [-0.15, -0.1) is 5.10 Å². The Hall–Kier alpha value is -1.48. The van der Waals surface area contributed by atoms with Gasteiger partial charge in [0.15, 0.2) is 9.84 Å². The number of ether oxygens (including phenoxy) is 1. The van der Waals surface area contributed by atoms with Crippen LogP contribution in [0.3, 0.4) is 0 Å². The standard InChI is InChI=1S/C12H20N4O4S/c1-3-10-13-11(15-14-10)12(17)16(5-6-20-2)9-4-7-21(18,19)8-9/h9H,3-8H2,1-2H3,(H,13,14,15). The molecule has 0 spiro atoms. The van der Waals surface area contributed by atoms with E-state index in [9.17, 15) is 13.2 Å². The number of sulfone groups is 1. The molecule has 0 saturated carbocycles. The summed E-state index contributed by atoms with van der Waals surface area (Å²) in [4.78, 5) is 18.1. The first-order valence-corrected chi connectivity index (χ1v) is 8.70. The largest absolute Gasteiger partial charge is 0.383 e. The minimum Gasteiger partial charge on any atom is -0.383 e. The van der Waals surface area contributed by atoms with Crippen molar-refractivity contribution in [3.8, 4) is 0 Å². The van der Waals surface area contributed by atoms with Crippen LogP contribution in [0.15, 0.2) is 0 Å². The summed E-state index contributed by atoms with van der Waals surface area (Å²) in [6.45, 7) is 2.57. The Morgan fingerprint density at radius 1 is 1.52 bits per heavy atom. The van der Waals surface area contributed by atoms with Gasteiger partial charge in [0.05, 0.1) is 18.1 Å². The summed E-state index contributed by atoms with van der Waals surface area (Å²) in [6, 6.07) is -0.332. The zero-order chi connectivity index (χ0) is 15.5. The fourth-order valence-corrected chi connectivity index (χ4v) is 4.07. The zero-order valence-corrected chi connectivity index (χ0v) is 13.0. The molecule has 2 rings (SSSR count). The second kappa shape index (κ2) is 6.52. The van der Waals surface area contributed by atoms with E-state index in [1.807, 2.05) is 6.92 Å². The first-order valence-electron chi connectivity index (χ1n) is 6.88. The number of nitrogens with zero attached hydrogens (tertiary/aromatic N) is 3. The number of nitrogens with one attached hydrogen (secondary N) is 1. The number of rotatable bonds is 6. The first kappa shape index (κ1) is 15.9. The molecule has 21 heavy (non-hydrogen) atoms. The van der Waals surface area contributed by atoms with Gasteiger partial charge in [0.1, 0.15) is 5.82 Å². The number of hydrogen-bond acceptors (Lipinski definition) is 6. The van der Waals surface area contributed by atoms with Crippen molar-refractivity contribution in [3.05, 3.63) is 11.6 Å². The molecule has 1 saturated heterocycles. The number of hydrogen-bond donors (Lipinski definition) is 1. The fraction of sp³-hybridized carbons (Fsp3) is 0.750. The number of aromatic amines is 1. The summed E-state index contributed by atoms with van der Waals surface area (Å²) in [7, 11) is -1.53. The summed E-state index contributed by atoms with van der Waals surface area (Å²) >= 11 is 0. The average Bonchev–Trinajstić information content (AvgIpc) is 3.05. The second-order valence-corrected chi connectivity index (χ2v) is 7.24. The smallest absolute Gasteiger partial charge is 0.293 e. The van der Waals surface area contributed by atoms with Crippen LogP contribution in [0.4, 0.5) is 0 Å². The maximum absolute atomic E-state index is 12.5. The van der Waals surface area contributed by atoms with Crippen molar-refractivity contribution in [2.24, 2.45) is 0 Å². The lowest BCUT2D eigenvalue weighted by atomic mass is 10.2. The third-order valence-electron chi connectivity index (χ3n) is 3.50. The van der Waals surface area contributed by atoms with E-state index in [-0.39, 0.29) is 29.3 Å². The van der Waals surface area contributed by atoms with Crippen LogP contribution in [0.25, 0.3) is 0 Å². The van der Waals surface area contributed by atoms with Crippen molar-refractivity contribution in [1.29, 1.82) is 0 Å². The van der Waals surface area contributed by atoms with Gasteiger partial charge in [-0.25, -0.2) is 13.4 Å². The molecule has 0 aromatic carbocycles. The maximum atomic E-state index is 12.5. The Bertz CT molecular complexity index is 598. The van der Waals surface area contributed by atoms with Gasteiger partial charge in [0.2, 0.25) is 5.82 Å². The number of methoxy groups -OCH3 is 1. The van der Waals surface area contributed by atoms with Crippen molar-refractivity contribution < 1.29 is 17.9 Å². The lowest BCUT2D eigenvalue weighted by Gasteiger charge is -2.26. The minimum absolute atomic E-state index is 0.00644. The number of amides is 1. The van der Waals surface area contributed by atoms with Gasteiger partial charge in [-0.05, 0) is 6.42 Å². The molecule has 1 atom stereocenters. The molecule has 1 amide bonds. The van der Waals surface area contributed by atoms with Crippen LogP contribution in [-0.2, 0) is 21.0 Å². The lowest BCUT2D eigenvalue weighted by molar-refractivity contribution is 0.0612. The van der Waals surface area contributed by atoms with Crippen LogP contribution in [0.1, 0.15) is 29.8 Å². The van der Waals surface area contributed by atoms with E-state index < -0.39 is 9.84 Å². The molecule has 1 fully saturated rings. The Morgan fingerprint density at radius 3 is 2.81 bits per heavy atom. The Labute approximate surface area is 123 Å². The van der Waals surface area contributed by atoms with Crippen molar-refractivity contribution in [2.75, 3.05) is 31.8 Å². The van der Waals surface area contributed by atoms with E-state index in [1.54, 1.807) is 0 Å². The maximum Gasteiger partial charge on any atom is 0.293 e. The molecule has 1 aliphatic heterocycles. The molecule has 0 radical (unpaired) electrons. The molecule has 1 aliphatic rings. The highest BCUT2D eigenvalue weighted by Crippen LogP contribution is 2.19.